The van der Waals surface area contributed by atoms with Gasteiger partial charge in [-0.15, -0.1) is 0 Å². The summed E-state index contributed by atoms with van der Waals surface area (Å²) in [6, 6.07) is 0. The lowest BCUT2D eigenvalue weighted by atomic mass is 10.4. The van der Waals surface area contributed by atoms with E-state index in [1.54, 1.807) is 19.1 Å². The maximum atomic E-state index is 11.9. The average Bonchev–Trinajstić information content (AvgIpc) is 2.01. The second kappa shape index (κ2) is 6.32. The summed E-state index contributed by atoms with van der Waals surface area (Å²) < 4.78 is 35.8. The van der Waals surface area contributed by atoms with Crippen LogP contribution >= 0.6 is 12.6 Å². The summed E-state index contributed by atoms with van der Waals surface area (Å²) in [4.78, 5) is 1.32. The molecule has 0 aromatic rings. The fourth-order valence-corrected chi connectivity index (χ4v) is 1.01. The Kier molecular flexibility index (Phi) is 6.24. The topological polar surface area (TPSA) is 3.24 Å². The van der Waals surface area contributed by atoms with Crippen LogP contribution in [0, 0.1) is 0 Å². The third-order valence-corrected chi connectivity index (χ3v) is 1.70. The molecule has 0 fully saturated rings. The first-order valence-electron chi connectivity index (χ1n) is 4.04. The zero-order valence-electron chi connectivity index (χ0n) is 7.51. The predicted octanol–water partition coefficient (Wildman–Crippen LogP) is 2.36. The average molecular weight is 213 g/mol. The van der Waals surface area contributed by atoms with Crippen LogP contribution in [-0.2, 0) is 0 Å². The Morgan fingerprint density at radius 3 is 2.31 bits per heavy atom. The van der Waals surface area contributed by atoms with Gasteiger partial charge in [0.1, 0.15) is 0 Å². The summed E-state index contributed by atoms with van der Waals surface area (Å²) in [5, 5.41) is 0. The first-order chi connectivity index (χ1) is 5.99. The van der Waals surface area contributed by atoms with Crippen molar-refractivity contribution in [3.8, 4) is 0 Å². The number of halogens is 3. The van der Waals surface area contributed by atoms with Crippen LogP contribution in [0.15, 0.2) is 12.2 Å². The molecular formula is C8H14F3NS. The lowest BCUT2D eigenvalue weighted by molar-refractivity contribution is -0.144. The zero-order valence-corrected chi connectivity index (χ0v) is 8.41. The first-order valence-corrected chi connectivity index (χ1v) is 4.67. The second-order valence-corrected chi connectivity index (χ2v) is 2.96. The van der Waals surface area contributed by atoms with E-state index in [0.717, 1.165) is 0 Å². The Bertz CT molecular complexity index is 156. The van der Waals surface area contributed by atoms with Gasteiger partial charge < -0.3 is 0 Å². The van der Waals surface area contributed by atoms with Gasteiger partial charge in [0.2, 0.25) is 0 Å². The minimum absolute atomic E-state index is 0.330. The van der Waals surface area contributed by atoms with Crippen molar-refractivity contribution in [2.24, 2.45) is 0 Å². The molecular weight excluding hydrogens is 199 g/mol. The van der Waals surface area contributed by atoms with Gasteiger partial charge >= 0.3 is 6.18 Å². The fourth-order valence-electron chi connectivity index (χ4n) is 0.857. The van der Waals surface area contributed by atoms with Crippen LogP contribution in [0.25, 0.3) is 0 Å². The second-order valence-electron chi connectivity index (χ2n) is 2.60. The van der Waals surface area contributed by atoms with Crippen molar-refractivity contribution < 1.29 is 13.2 Å². The van der Waals surface area contributed by atoms with Crippen molar-refractivity contribution in [1.29, 1.82) is 0 Å². The predicted molar refractivity (Wildman–Crippen MR) is 51.2 cm³/mol. The fraction of sp³-hybridized carbons (Fsp3) is 0.750. The van der Waals surface area contributed by atoms with Crippen LogP contribution in [0.4, 0.5) is 13.2 Å². The van der Waals surface area contributed by atoms with Gasteiger partial charge in [0, 0.05) is 12.3 Å². The highest BCUT2D eigenvalue weighted by atomic mass is 32.1. The van der Waals surface area contributed by atoms with Crippen LogP contribution in [0.3, 0.4) is 0 Å². The van der Waals surface area contributed by atoms with Gasteiger partial charge in [0.05, 0.1) is 6.54 Å². The van der Waals surface area contributed by atoms with E-state index in [-0.39, 0.29) is 0 Å². The van der Waals surface area contributed by atoms with Gasteiger partial charge in [0.25, 0.3) is 0 Å². The van der Waals surface area contributed by atoms with Crippen LogP contribution in [-0.4, -0.2) is 36.5 Å². The Morgan fingerprint density at radius 2 is 1.92 bits per heavy atom. The molecule has 1 nitrogen and oxygen atoms in total. The third-order valence-electron chi connectivity index (χ3n) is 1.49. The van der Waals surface area contributed by atoms with Crippen molar-refractivity contribution in [3.05, 3.63) is 12.2 Å². The van der Waals surface area contributed by atoms with E-state index in [1.807, 2.05) is 0 Å². The van der Waals surface area contributed by atoms with E-state index in [0.29, 0.717) is 18.8 Å². The molecule has 0 unspecified atom stereocenters. The summed E-state index contributed by atoms with van der Waals surface area (Å²) in [6.45, 7) is 1.59. The maximum Gasteiger partial charge on any atom is 0.401 e. The summed E-state index contributed by atoms with van der Waals surface area (Å²) in [7, 11) is 0. The number of rotatable bonds is 5. The number of hydrogen-bond acceptors (Lipinski definition) is 2. The highest BCUT2D eigenvalue weighted by Crippen LogP contribution is 2.15. The normalized spacial score (nSPS) is 13.1. The number of likely N-dealkylation sites (N-methyl/N-ethyl adjacent to an activating group) is 1. The molecule has 0 heterocycles. The lowest BCUT2D eigenvalue weighted by Crippen LogP contribution is -2.34. The molecule has 0 aliphatic heterocycles. The Hall–Kier alpha value is -0.160. The van der Waals surface area contributed by atoms with E-state index >= 15 is 0 Å². The minimum Gasteiger partial charge on any atom is -0.292 e. The summed E-state index contributed by atoms with van der Waals surface area (Å²) in [5.41, 5.74) is 0. The van der Waals surface area contributed by atoms with E-state index in [9.17, 15) is 13.2 Å². The lowest BCUT2D eigenvalue weighted by Gasteiger charge is -2.19. The van der Waals surface area contributed by atoms with Crippen LogP contribution in [0.5, 0.6) is 0 Å². The molecule has 0 spiro atoms. The van der Waals surface area contributed by atoms with Gasteiger partial charge in [-0.05, 0) is 6.54 Å². The van der Waals surface area contributed by atoms with Gasteiger partial charge in [0.15, 0.2) is 0 Å². The molecule has 0 amide bonds. The number of alkyl halides is 3. The van der Waals surface area contributed by atoms with Crippen molar-refractivity contribution >= 4 is 12.6 Å². The standard InChI is InChI=1S/C8H14F3NS/c1-2-12(5-3-4-6-13)7-8(9,10)11/h3-4,13H,2,5-7H2,1H3. The molecule has 0 saturated heterocycles. The highest BCUT2D eigenvalue weighted by Gasteiger charge is 2.29. The van der Waals surface area contributed by atoms with Crippen LogP contribution in [0.1, 0.15) is 6.92 Å². The molecule has 0 rings (SSSR count). The van der Waals surface area contributed by atoms with Gasteiger partial charge in [-0.1, -0.05) is 19.1 Å². The van der Waals surface area contributed by atoms with Gasteiger partial charge in [-0.2, -0.15) is 25.8 Å². The van der Waals surface area contributed by atoms with Crippen LogP contribution < -0.4 is 0 Å². The van der Waals surface area contributed by atoms with E-state index in [4.69, 9.17) is 0 Å². The maximum absolute atomic E-state index is 11.9. The van der Waals surface area contributed by atoms with Crippen molar-refractivity contribution in [1.82, 2.24) is 4.90 Å². The molecule has 0 aliphatic rings. The van der Waals surface area contributed by atoms with Crippen molar-refractivity contribution in [3.63, 3.8) is 0 Å². The molecule has 0 aromatic carbocycles. The van der Waals surface area contributed by atoms with Crippen molar-refractivity contribution in [2.75, 3.05) is 25.4 Å². The monoisotopic (exact) mass is 213 g/mol. The van der Waals surface area contributed by atoms with Crippen molar-refractivity contribution in [2.45, 2.75) is 13.1 Å². The molecule has 5 heteroatoms. The Balaban J connectivity index is 3.83. The molecule has 0 radical (unpaired) electrons. The molecule has 78 valence electrons. The Labute approximate surface area is 82.0 Å². The number of thiol groups is 1. The van der Waals surface area contributed by atoms with Crippen LogP contribution in [0.2, 0.25) is 0 Å². The summed E-state index contributed by atoms with van der Waals surface area (Å²) in [6.07, 6.45) is -0.671. The summed E-state index contributed by atoms with van der Waals surface area (Å²) >= 11 is 3.91. The van der Waals surface area contributed by atoms with Gasteiger partial charge in [-0.25, -0.2) is 0 Å². The van der Waals surface area contributed by atoms with E-state index in [2.05, 4.69) is 12.6 Å². The van der Waals surface area contributed by atoms with E-state index in [1.165, 1.54) is 4.90 Å². The largest absolute Gasteiger partial charge is 0.401 e. The zero-order chi connectivity index (χ0) is 10.3. The smallest absolute Gasteiger partial charge is 0.292 e. The molecule has 0 aliphatic carbocycles. The SMILES string of the molecule is CCN(CC=CCS)CC(F)(F)F. The molecule has 0 aromatic heterocycles. The minimum atomic E-state index is -4.11. The number of nitrogens with zero attached hydrogens (tertiary/aromatic N) is 1. The quantitative estimate of drug-likeness (QED) is 0.542. The Morgan fingerprint density at radius 1 is 1.31 bits per heavy atom. The van der Waals surface area contributed by atoms with E-state index < -0.39 is 12.7 Å². The first kappa shape index (κ1) is 12.8. The molecule has 0 N–H and O–H groups in total. The number of hydrogen-bond donors (Lipinski definition) is 1. The third kappa shape index (κ3) is 8.18. The molecule has 13 heavy (non-hydrogen) atoms. The highest BCUT2D eigenvalue weighted by molar-refractivity contribution is 7.80. The van der Waals surface area contributed by atoms with Gasteiger partial charge in [-0.3, -0.25) is 4.90 Å². The molecule has 0 bridgehead atoms. The molecule has 0 saturated carbocycles. The molecule has 0 atom stereocenters. The summed E-state index contributed by atoms with van der Waals surface area (Å²) in [5.74, 6) is 0.559.